The number of hydrogen-bond acceptors (Lipinski definition) is 3. The van der Waals surface area contributed by atoms with Crippen LogP contribution in [-0.4, -0.2) is 18.6 Å². The van der Waals surface area contributed by atoms with Gasteiger partial charge in [0.15, 0.2) is 0 Å². The van der Waals surface area contributed by atoms with Gasteiger partial charge in [-0.3, -0.25) is 4.79 Å². The SMILES string of the molecule is CCCOc1ccc(C(F)(F)F)cc1NC(=O)[C@H](C)N. The monoisotopic (exact) mass is 290 g/mol. The summed E-state index contributed by atoms with van der Waals surface area (Å²) in [6, 6.07) is 2.11. The van der Waals surface area contributed by atoms with Gasteiger partial charge in [0, 0.05) is 0 Å². The first kappa shape index (κ1) is 16.3. The zero-order chi connectivity index (χ0) is 15.3. The number of halogens is 3. The summed E-state index contributed by atoms with van der Waals surface area (Å²) < 4.78 is 43.3. The molecule has 20 heavy (non-hydrogen) atoms. The Morgan fingerprint density at radius 2 is 2.10 bits per heavy atom. The summed E-state index contributed by atoms with van der Waals surface area (Å²) in [4.78, 5) is 11.5. The highest BCUT2D eigenvalue weighted by Gasteiger charge is 2.31. The van der Waals surface area contributed by atoms with Crippen LogP contribution in [-0.2, 0) is 11.0 Å². The van der Waals surface area contributed by atoms with Gasteiger partial charge in [-0.1, -0.05) is 6.92 Å². The minimum Gasteiger partial charge on any atom is -0.491 e. The van der Waals surface area contributed by atoms with Crippen LogP contribution in [0.25, 0.3) is 0 Å². The maximum absolute atomic E-state index is 12.7. The van der Waals surface area contributed by atoms with Crippen molar-refractivity contribution in [1.29, 1.82) is 0 Å². The van der Waals surface area contributed by atoms with E-state index in [4.69, 9.17) is 10.5 Å². The average molecular weight is 290 g/mol. The van der Waals surface area contributed by atoms with Crippen LogP contribution in [0.3, 0.4) is 0 Å². The summed E-state index contributed by atoms with van der Waals surface area (Å²) in [5.74, 6) is -0.389. The molecule has 0 aliphatic heterocycles. The van der Waals surface area contributed by atoms with Crippen molar-refractivity contribution < 1.29 is 22.7 Å². The molecule has 0 fully saturated rings. The van der Waals surface area contributed by atoms with E-state index < -0.39 is 23.7 Å². The van der Waals surface area contributed by atoms with Crippen LogP contribution in [0.2, 0.25) is 0 Å². The molecule has 0 spiro atoms. The summed E-state index contributed by atoms with van der Waals surface area (Å²) in [5, 5.41) is 2.34. The predicted molar refractivity (Wildman–Crippen MR) is 69.5 cm³/mol. The molecule has 1 aromatic rings. The number of benzene rings is 1. The van der Waals surface area contributed by atoms with Crippen molar-refractivity contribution in [3.8, 4) is 5.75 Å². The first-order valence-electron chi connectivity index (χ1n) is 6.16. The molecule has 3 N–H and O–H groups in total. The van der Waals surface area contributed by atoms with E-state index in [1.54, 1.807) is 0 Å². The molecule has 0 unspecified atom stereocenters. The number of carbonyl (C=O) groups excluding carboxylic acids is 1. The fraction of sp³-hybridized carbons (Fsp3) is 0.462. The number of ether oxygens (including phenoxy) is 1. The fourth-order valence-electron chi connectivity index (χ4n) is 1.39. The van der Waals surface area contributed by atoms with Crippen LogP contribution in [0.1, 0.15) is 25.8 Å². The molecule has 1 atom stereocenters. The number of nitrogens with one attached hydrogen (secondary N) is 1. The average Bonchev–Trinajstić information content (AvgIpc) is 2.35. The second-order valence-electron chi connectivity index (χ2n) is 4.34. The molecule has 0 bridgehead atoms. The first-order valence-corrected chi connectivity index (χ1v) is 6.16. The Morgan fingerprint density at radius 1 is 1.45 bits per heavy atom. The minimum atomic E-state index is -4.49. The number of amides is 1. The number of carbonyl (C=O) groups is 1. The third kappa shape index (κ3) is 4.41. The van der Waals surface area contributed by atoms with Gasteiger partial charge >= 0.3 is 6.18 Å². The zero-order valence-electron chi connectivity index (χ0n) is 11.3. The molecule has 0 radical (unpaired) electrons. The second kappa shape index (κ2) is 6.60. The van der Waals surface area contributed by atoms with Crippen molar-refractivity contribution in [2.45, 2.75) is 32.5 Å². The molecule has 4 nitrogen and oxygen atoms in total. The van der Waals surface area contributed by atoms with Crippen LogP contribution >= 0.6 is 0 Å². The summed E-state index contributed by atoms with van der Waals surface area (Å²) in [5.41, 5.74) is 4.49. The number of nitrogens with two attached hydrogens (primary N) is 1. The Morgan fingerprint density at radius 3 is 2.60 bits per heavy atom. The maximum atomic E-state index is 12.7. The maximum Gasteiger partial charge on any atom is 0.416 e. The first-order chi connectivity index (χ1) is 9.25. The Balaban J connectivity index is 3.09. The van der Waals surface area contributed by atoms with Crippen LogP contribution in [0.15, 0.2) is 18.2 Å². The summed E-state index contributed by atoms with van der Waals surface area (Å²) in [7, 11) is 0. The smallest absolute Gasteiger partial charge is 0.416 e. The van der Waals surface area contributed by atoms with Crippen molar-refractivity contribution in [1.82, 2.24) is 0 Å². The van der Waals surface area contributed by atoms with Gasteiger partial charge in [0.25, 0.3) is 0 Å². The summed E-state index contributed by atoms with van der Waals surface area (Å²) in [6.45, 7) is 3.65. The van der Waals surface area contributed by atoms with E-state index in [1.807, 2.05) is 6.92 Å². The highest BCUT2D eigenvalue weighted by molar-refractivity contribution is 5.95. The van der Waals surface area contributed by atoms with Gasteiger partial charge in [-0.2, -0.15) is 13.2 Å². The predicted octanol–water partition coefficient (Wildman–Crippen LogP) is 2.78. The lowest BCUT2D eigenvalue weighted by molar-refractivity contribution is -0.137. The molecule has 0 saturated heterocycles. The lowest BCUT2D eigenvalue weighted by Crippen LogP contribution is -2.32. The summed E-state index contributed by atoms with van der Waals surface area (Å²) >= 11 is 0. The lowest BCUT2D eigenvalue weighted by atomic mass is 10.1. The van der Waals surface area contributed by atoms with Crippen LogP contribution in [0.5, 0.6) is 5.75 Å². The Bertz CT molecular complexity index is 473. The Labute approximate surface area is 115 Å². The van der Waals surface area contributed by atoms with E-state index >= 15 is 0 Å². The molecule has 1 rings (SSSR count). The van der Waals surface area contributed by atoms with Crippen molar-refractivity contribution >= 4 is 11.6 Å². The Kier molecular flexibility index (Phi) is 5.38. The molecular weight excluding hydrogens is 273 g/mol. The zero-order valence-corrected chi connectivity index (χ0v) is 11.3. The Hall–Kier alpha value is -1.76. The molecule has 1 amide bonds. The minimum absolute atomic E-state index is 0.0319. The van der Waals surface area contributed by atoms with Gasteiger partial charge in [0.1, 0.15) is 5.75 Å². The van der Waals surface area contributed by atoms with E-state index in [0.717, 1.165) is 12.1 Å². The molecule has 0 heterocycles. The van der Waals surface area contributed by atoms with Crippen molar-refractivity contribution in [3.63, 3.8) is 0 Å². The third-order valence-corrected chi connectivity index (χ3v) is 2.44. The van der Waals surface area contributed by atoms with E-state index in [0.29, 0.717) is 13.0 Å². The summed E-state index contributed by atoms with van der Waals surface area (Å²) in [6.07, 6.45) is -3.79. The van der Waals surface area contributed by atoms with Gasteiger partial charge in [-0.05, 0) is 31.5 Å². The van der Waals surface area contributed by atoms with Crippen molar-refractivity contribution in [2.75, 3.05) is 11.9 Å². The van der Waals surface area contributed by atoms with Gasteiger partial charge in [0.05, 0.1) is 23.9 Å². The fourth-order valence-corrected chi connectivity index (χ4v) is 1.39. The molecule has 0 saturated carbocycles. The van der Waals surface area contributed by atoms with Crippen LogP contribution in [0, 0.1) is 0 Å². The highest BCUT2D eigenvalue weighted by Crippen LogP contribution is 2.35. The van der Waals surface area contributed by atoms with Crippen LogP contribution in [0.4, 0.5) is 18.9 Å². The molecule has 0 aromatic heterocycles. The van der Waals surface area contributed by atoms with Crippen LogP contribution < -0.4 is 15.8 Å². The van der Waals surface area contributed by atoms with Gasteiger partial charge < -0.3 is 15.8 Å². The van der Waals surface area contributed by atoms with E-state index in [-0.39, 0.29) is 11.4 Å². The normalized spacial score (nSPS) is 12.9. The van der Waals surface area contributed by atoms with E-state index in [9.17, 15) is 18.0 Å². The third-order valence-electron chi connectivity index (χ3n) is 2.44. The quantitative estimate of drug-likeness (QED) is 0.876. The topological polar surface area (TPSA) is 64.3 Å². The standard InChI is InChI=1S/C13H17F3N2O2/c1-3-6-20-11-5-4-9(13(14,15)16)7-10(11)18-12(19)8(2)17/h4-5,7-8H,3,6,17H2,1-2H3,(H,18,19)/t8-/m0/s1. The van der Waals surface area contributed by atoms with Crippen molar-refractivity contribution in [2.24, 2.45) is 5.73 Å². The number of alkyl halides is 3. The van der Waals surface area contributed by atoms with E-state index in [2.05, 4.69) is 5.32 Å². The number of rotatable bonds is 5. The van der Waals surface area contributed by atoms with Gasteiger partial charge in [-0.15, -0.1) is 0 Å². The molecular formula is C13H17F3N2O2. The molecule has 112 valence electrons. The highest BCUT2D eigenvalue weighted by atomic mass is 19.4. The largest absolute Gasteiger partial charge is 0.491 e. The number of anilines is 1. The second-order valence-corrected chi connectivity index (χ2v) is 4.34. The molecule has 1 aromatic carbocycles. The number of hydrogen-bond donors (Lipinski definition) is 2. The van der Waals surface area contributed by atoms with Gasteiger partial charge in [-0.25, -0.2) is 0 Å². The molecule has 7 heteroatoms. The van der Waals surface area contributed by atoms with Crippen molar-refractivity contribution in [3.05, 3.63) is 23.8 Å². The molecule has 0 aliphatic carbocycles. The lowest BCUT2D eigenvalue weighted by Gasteiger charge is -2.16. The molecule has 0 aliphatic rings. The van der Waals surface area contributed by atoms with E-state index in [1.165, 1.54) is 13.0 Å². The van der Waals surface area contributed by atoms with Gasteiger partial charge in [0.2, 0.25) is 5.91 Å².